The molecule has 0 radical (unpaired) electrons. The van der Waals surface area contributed by atoms with Gasteiger partial charge in [0.25, 0.3) is 5.91 Å². The summed E-state index contributed by atoms with van der Waals surface area (Å²) in [6, 6.07) is 15.6. The van der Waals surface area contributed by atoms with Gasteiger partial charge in [-0.3, -0.25) is 4.79 Å². The second-order valence-electron chi connectivity index (χ2n) is 9.66. The van der Waals surface area contributed by atoms with E-state index in [2.05, 4.69) is 15.6 Å². The molecule has 0 unspecified atom stereocenters. The van der Waals surface area contributed by atoms with Crippen LogP contribution in [0.15, 0.2) is 54.6 Å². The van der Waals surface area contributed by atoms with Gasteiger partial charge in [0, 0.05) is 29.1 Å². The summed E-state index contributed by atoms with van der Waals surface area (Å²) in [5.74, 6) is 0.379. The summed E-state index contributed by atoms with van der Waals surface area (Å²) in [7, 11) is 2.95. The maximum Gasteiger partial charge on any atom is 0.268 e. The molecule has 3 aromatic carbocycles. The summed E-state index contributed by atoms with van der Waals surface area (Å²) in [6.45, 7) is 2.12. The van der Waals surface area contributed by atoms with Gasteiger partial charge in [0.2, 0.25) is 0 Å². The third kappa shape index (κ3) is 6.48. The highest BCUT2D eigenvalue weighted by Gasteiger charge is 2.17. The molecule has 0 spiro atoms. The molecule has 0 fully saturated rings. The number of carbonyl (C=O) groups is 1. The number of nitrogens with one attached hydrogen (secondary N) is 3. The molecular weight excluding hydrogens is 514 g/mol. The van der Waals surface area contributed by atoms with Crippen molar-refractivity contribution in [2.24, 2.45) is 0 Å². The largest absolute Gasteiger partial charge is 0.508 e. The number of ether oxygens (including phenoxy) is 2. The monoisotopic (exact) mass is 549 g/mol. The minimum absolute atomic E-state index is 0.00231. The molecule has 40 heavy (non-hydrogen) atoms. The van der Waals surface area contributed by atoms with E-state index in [9.17, 15) is 25.2 Å². The SMILES string of the molecule is COc1ccc(O)c(OC)c1CNC(=O)c1cc2cc(C[C@@H](C)NC[C@@H](O)c3ccc(O)c(CO)c3)ccc2[nH]1. The predicted octanol–water partition coefficient (Wildman–Crippen LogP) is 3.27. The van der Waals surface area contributed by atoms with Crippen LogP contribution in [0.4, 0.5) is 0 Å². The van der Waals surface area contributed by atoms with Crippen molar-refractivity contribution < 1.29 is 34.7 Å². The summed E-state index contributed by atoms with van der Waals surface area (Å²) in [6.07, 6.45) is -0.0921. The van der Waals surface area contributed by atoms with E-state index in [-0.39, 0.29) is 42.3 Å². The van der Waals surface area contributed by atoms with E-state index in [1.165, 1.54) is 26.4 Å². The Kier molecular flexibility index (Phi) is 9.15. The molecule has 1 aromatic heterocycles. The third-order valence-corrected chi connectivity index (χ3v) is 6.84. The van der Waals surface area contributed by atoms with Gasteiger partial charge >= 0.3 is 0 Å². The highest BCUT2D eigenvalue weighted by Crippen LogP contribution is 2.36. The second kappa shape index (κ2) is 12.7. The molecule has 0 saturated carbocycles. The number of H-pyrrole nitrogens is 1. The van der Waals surface area contributed by atoms with Crippen molar-refractivity contribution in [2.45, 2.75) is 38.6 Å². The Hall–Kier alpha value is -4.25. The number of amides is 1. The van der Waals surface area contributed by atoms with Crippen LogP contribution in [0.5, 0.6) is 23.0 Å². The number of aliphatic hydroxyl groups is 2. The standard InChI is InChI=1S/C30H35N3O7/c1-17(31-15-27(37)19-5-7-25(35)21(12-19)16-34)10-18-4-6-23-20(11-18)13-24(33-23)30(38)32-14-22-28(39-2)9-8-26(36)29(22)40-3/h4-9,11-13,17,27,31,33-37H,10,14-16H2,1-3H3,(H,32,38)/t17-,27-/m1/s1. The number of carbonyl (C=O) groups excluding carboxylic acids is 1. The van der Waals surface area contributed by atoms with Gasteiger partial charge in [0.05, 0.1) is 39.0 Å². The number of fused-ring (bicyclic) bond motifs is 1. The molecule has 4 rings (SSSR count). The Morgan fingerprint density at radius 3 is 2.50 bits per heavy atom. The van der Waals surface area contributed by atoms with Crippen molar-refractivity contribution in [3.8, 4) is 23.0 Å². The van der Waals surface area contributed by atoms with Crippen LogP contribution in [0.25, 0.3) is 10.9 Å². The zero-order valence-electron chi connectivity index (χ0n) is 22.7. The normalized spacial score (nSPS) is 12.7. The third-order valence-electron chi connectivity index (χ3n) is 6.84. The topological polar surface area (TPSA) is 156 Å². The fourth-order valence-corrected chi connectivity index (χ4v) is 4.67. The highest BCUT2D eigenvalue weighted by molar-refractivity contribution is 5.98. The van der Waals surface area contributed by atoms with Crippen LogP contribution in [-0.4, -0.2) is 58.1 Å². The Morgan fingerprint density at radius 1 is 1.00 bits per heavy atom. The molecule has 4 aromatic rings. The number of hydrogen-bond donors (Lipinski definition) is 7. The molecule has 7 N–H and O–H groups in total. The van der Waals surface area contributed by atoms with E-state index in [1.807, 2.05) is 25.1 Å². The van der Waals surface area contributed by atoms with Crippen molar-refractivity contribution in [1.29, 1.82) is 0 Å². The first kappa shape index (κ1) is 28.8. The summed E-state index contributed by atoms with van der Waals surface area (Å²) in [5.41, 5.74) is 3.80. The van der Waals surface area contributed by atoms with Crippen molar-refractivity contribution in [2.75, 3.05) is 20.8 Å². The van der Waals surface area contributed by atoms with Crippen molar-refractivity contribution in [3.63, 3.8) is 0 Å². The van der Waals surface area contributed by atoms with Gasteiger partial charge < -0.3 is 45.5 Å². The molecule has 0 saturated heterocycles. The molecule has 212 valence electrons. The minimum atomic E-state index is -0.790. The zero-order valence-corrected chi connectivity index (χ0v) is 22.7. The lowest BCUT2D eigenvalue weighted by atomic mass is 10.0. The van der Waals surface area contributed by atoms with Gasteiger partial charge in [-0.1, -0.05) is 12.1 Å². The number of hydrogen-bond acceptors (Lipinski definition) is 8. The van der Waals surface area contributed by atoms with Crippen molar-refractivity contribution >= 4 is 16.8 Å². The number of methoxy groups -OCH3 is 2. The number of rotatable bonds is 12. The number of phenols is 2. The van der Waals surface area contributed by atoms with Gasteiger partial charge in [-0.05, 0) is 66.9 Å². The summed E-state index contributed by atoms with van der Waals surface area (Å²) >= 11 is 0. The van der Waals surface area contributed by atoms with Crippen LogP contribution in [0.3, 0.4) is 0 Å². The molecule has 10 heteroatoms. The Bertz CT molecular complexity index is 1480. The van der Waals surface area contributed by atoms with E-state index in [4.69, 9.17) is 9.47 Å². The molecule has 0 bridgehead atoms. The molecule has 1 amide bonds. The summed E-state index contributed by atoms with van der Waals surface area (Å²) < 4.78 is 10.6. The van der Waals surface area contributed by atoms with Crippen LogP contribution in [0.2, 0.25) is 0 Å². The van der Waals surface area contributed by atoms with E-state index < -0.39 is 6.10 Å². The quantitative estimate of drug-likeness (QED) is 0.142. The average Bonchev–Trinajstić information content (AvgIpc) is 3.38. The Labute approximate surface area is 232 Å². The lowest BCUT2D eigenvalue weighted by Crippen LogP contribution is -2.32. The molecule has 1 heterocycles. The first-order valence-corrected chi connectivity index (χ1v) is 12.9. The first-order valence-electron chi connectivity index (χ1n) is 12.9. The van der Waals surface area contributed by atoms with Crippen LogP contribution in [-0.2, 0) is 19.6 Å². The smallest absolute Gasteiger partial charge is 0.268 e. The number of benzene rings is 3. The molecule has 2 atom stereocenters. The van der Waals surface area contributed by atoms with Gasteiger partial charge in [-0.15, -0.1) is 0 Å². The molecule has 0 aliphatic carbocycles. The number of aromatic hydroxyl groups is 2. The number of phenolic OH excluding ortho intramolecular Hbond substituents is 1. The molecule has 0 aliphatic heterocycles. The van der Waals surface area contributed by atoms with E-state index in [0.717, 1.165) is 16.5 Å². The lowest BCUT2D eigenvalue weighted by Gasteiger charge is -2.18. The average molecular weight is 550 g/mol. The Balaban J connectivity index is 1.37. The van der Waals surface area contributed by atoms with Crippen LogP contribution < -0.4 is 20.1 Å². The number of aromatic amines is 1. The number of aliphatic hydroxyl groups excluding tert-OH is 2. The van der Waals surface area contributed by atoms with Crippen LogP contribution >= 0.6 is 0 Å². The lowest BCUT2D eigenvalue weighted by molar-refractivity contribution is 0.0946. The Morgan fingerprint density at radius 2 is 1.77 bits per heavy atom. The fraction of sp³-hybridized carbons (Fsp3) is 0.300. The number of aromatic nitrogens is 1. The van der Waals surface area contributed by atoms with Crippen LogP contribution in [0.1, 0.15) is 45.8 Å². The second-order valence-corrected chi connectivity index (χ2v) is 9.66. The maximum absolute atomic E-state index is 12.9. The van der Waals surface area contributed by atoms with Gasteiger partial charge in [0.1, 0.15) is 17.2 Å². The molecule has 0 aliphatic rings. The predicted molar refractivity (Wildman–Crippen MR) is 151 cm³/mol. The van der Waals surface area contributed by atoms with E-state index >= 15 is 0 Å². The van der Waals surface area contributed by atoms with Gasteiger partial charge in [-0.2, -0.15) is 0 Å². The molecule has 10 nitrogen and oxygen atoms in total. The van der Waals surface area contributed by atoms with Crippen LogP contribution in [0, 0.1) is 0 Å². The van der Waals surface area contributed by atoms with Gasteiger partial charge in [0.15, 0.2) is 11.5 Å². The zero-order chi connectivity index (χ0) is 28.8. The maximum atomic E-state index is 12.9. The highest BCUT2D eigenvalue weighted by atomic mass is 16.5. The van der Waals surface area contributed by atoms with Crippen molar-refractivity contribution in [1.82, 2.24) is 15.6 Å². The first-order chi connectivity index (χ1) is 19.2. The van der Waals surface area contributed by atoms with Gasteiger partial charge in [-0.25, -0.2) is 0 Å². The summed E-state index contributed by atoms with van der Waals surface area (Å²) in [5, 5.41) is 46.8. The van der Waals surface area contributed by atoms with E-state index in [0.29, 0.717) is 41.1 Å². The molecular formula is C30H35N3O7. The van der Waals surface area contributed by atoms with Crippen molar-refractivity contribution in [3.05, 3.63) is 82.5 Å². The summed E-state index contributed by atoms with van der Waals surface area (Å²) in [4.78, 5) is 16.1. The van der Waals surface area contributed by atoms with E-state index in [1.54, 1.807) is 24.3 Å². The minimum Gasteiger partial charge on any atom is -0.508 e. The fourth-order valence-electron chi connectivity index (χ4n) is 4.67.